The Kier molecular flexibility index (Phi) is 3.73. The molecule has 1 radical (unpaired) electrons. The van der Waals surface area contributed by atoms with Gasteiger partial charge in [-0.05, 0) is 26.9 Å². The van der Waals surface area contributed by atoms with E-state index in [1.807, 2.05) is 19.0 Å². The molecule has 12 heavy (non-hydrogen) atoms. The number of aldehydes is 1. The first-order valence-electron chi connectivity index (χ1n) is 4.72. The lowest BCUT2D eigenvalue weighted by Gasteiger charge is -2.30. The SMILES string of the molecule is CN(C)C(C=O)[C]1CCCCC1. The Hall–Kier alpha value is -0.370. The zero-order valence-corrected chi connectivity index (χ0v) is 8.05. The van der Waals surface area contributed by atoms with Crippen molar-refractivity contribution in [2.24, 2.45) is 0 Å². The lowest BCUT2D eigenvalue weighted by Crippen LogP contribution is -2.36. The summed E-state index contributed by atoms with van der Waals surface area (Å²) >= 11 is 0. The van der Waals surface area contributed by atoms with Gasteiger partial charge in [-0.3, -0.25) is 4.90 Å². The highest BCUT2D eigenvalue weighted by molar-refractivity contribution is 5.61. The summed E-state index contributed by atoms with van der Waals surface area (Å²) in [4.78, 5) is 12.8. The number of rotatable bonds is 3. The zero-order chi connectivity index (χ0) is 8.97. The molecule has 0 N–H and O–H groups in total. The molecule has 0 spiro atoms. The van der Waals surface area contributed by atoms with Crippen LogP contribution in [0.15, 0.2) is 0 Å². The highest BCUT2D eigenvalue weighted by Crippen LogP contribution is 2.29. The van der Waals surface area contributed by atoms with Crippen molar-refractivity contribution in [2.75, 3.05) is 14.1 Å². The molecule has 1 rings (SSSR count). The lowest BCUT2D eigenvalue weighted by atomic mass is 9.84. The second-order valence-corrected chi connectivity index (χ2v) is 3.76. The van der Waals surface area contributed by atoms with Crippen molar-refractivity contribution < 1.29 is 4.79 Å². The summed E-state index contributed by atoms with van der Waals surface area (Å²) in [6.45, 7) is 0. The maximum absolute atomic E-state index is 10.8. The molecule has 0 heterocycles. The van der Waals surface area contributed by atoms with Crippen LogP contribution in [0, 0.1) is 5.92 Å². The monoisotopic (exact) mass is 168 g/mol. The molecule has 69 valence electrons. The fraction of sp³-hybridized carbons (Fsp3) is 0.800. The van der Waals surface area contributed by atoms with Gasteiger partial charge < -0.3 is 4.79 Å². The minimum atomic E-state index is 0.0744. The average molecular weight is 168 g/mol. The van der Waals surface area contributed by atoms with Gasteiger partial charge in [0.1, 0.15) is 6.29 Å². The Balaban J connectivity index is 2.45. The molecule has 0 aliphatic heterocycles. The standard InChI is InChI=1S/C10H18NO/c1-11(2)10(8-12)9-6-4-3-5-7-9/h8,10H,3-7H2,1-2H3. The summed E-state index contributed by atoms with van der Waals surface area (Å²) in [5.74, 6) is 1.43. The number of hydrogen-bond donors (Lipinski definition) is 0. The topological polar surface area (TPSA) is 20.3 Å². The van der Waals surface area contributed by atoms with Crippen LogP contribution in [0.4, 0.5) is 0 Å². The minimum Gasteiger partial charge on any atom is -0.302 e. The van der Waals surface area contributed by atoms with Gasteiger partial charge in [0.2, 0.25) is 0 Å². The van der Waals surface area contributed by atoms with E-state index in [4.69, 9.17) is 0 Å². The largest absolute Gasteiger partial charge is 0.302 e. The fourth-order valence-corrected chi connectivity index (χ4v) is 1.88. The molecule has 1 aliphatic rings. The molecular weight excluding hydrogens is 150 g/mol. The predicted octanol–water partition coefficient (Wildman–Crippen LogP) is 1.65. The molecule has 0 aromatic rings. The molecule has 1 fully saturated rings. The van der Waals surface area contributed by atoms with E-state index in [1.54, 1.807) is 0 Å². The number of carbonyl (C=O) groups is 1. The smallest absolute Gasteiger partial charge is 0.137 e. The Labute approximate surface area is 74.9 Å². The zero-order valence-electron chi connectivity index (χ0n) is 8.05. The molecule has 0 bridgehead atoms. The summed E-state index contributed by atoms with van der Waals surface area (Å²) in [5.41, 5.74) is 0. The Bertz CT molecular complexity index is 139. The van der Waals surface area contributed by atoms with Gasteiger partial charge >= 0.3 is 0 Å². The highest BCUT2D eigenvalue weighted by atomic mass is 16.1. The van der Waals surface area contributed by atoms with Crippen LogP contribution in [0.2, 0.25) is 0 Å². The lowest BCUT2D eigenvalue weighted by molar-refractivity contribution is -0.111. The van der Waals surface area contributed by atoms with Crippen LogP contribution >= 0.6 is 0 Å². The number of nitrogens with zero attached hydrogens (tertiary/aromatic N) is 1. The van der Waals surface area contributed by atoms with Gasteiger partial charge in [-0.2, -0.15) is 0 Å². The Morgan fingerprint density at radius 1 is 1.25 bits per heavy atom. The van der Waals surface area contributed by atoms with Crippen molar-refractivity contribution in [3.8, 4) is 0 Å². The molecule has 1 atom stereocenters. The fourth-order valence-electron chi connectivity index (χ4n) is 1.88. The van der Waals surface area contributed by atoms with Gasteiger partial charge in [0.25, 0.3) is 0 Å². The van der Waals surface area contributed by atoms with E-state index in [9.17, 15) is 4.79 Å². The molecular formula is C10H18NO. The van der Waals surface area contributed by atoms with Crippen molar-refractivity contribution in [1.82, 2.24) is 4.90 Å². The first kappa shape index (κ1) is 9.72. The summed E-state index contributed by atoms with van der Waals surface area (Å²) in [6, 6.07) is 0.0744. The van der Waals surface area contributed by atoms with E-state index in [1.165, 1.54) is 25.2 Å². The Morgan fingerprint density at radius 2 is 1.83 bits per heavy atom. The third kappa shape index (κ3) is 2.31. The third-order valence-corrected chi connectivity index (χ3v) is 2.60. The Morgan fingerprint density at radius 3 is 2.25 bits per heavy atom. The molecule has 0 aromatic carbocycles. The molecule has 2 nitrogen and oxygen atoms in total. The third-order valence-electron chi connectivity index (χ3n) is 2.60. The molecule has 1 saturated carbocycles. The van der Waals surface area contributed by atoms with Crippen LogP contribution in [-0.2, 0) is 4.79 Å². The van der Waals surface area contributed by atoms with E-state index in [0.717, 1.165) is 19.1 Å². The van der Waals surface area contributed by atoms with Crippen molar-refractivity contribution in [3.63, 3.8) is 0 Å². The first-order chi connectivity index (χ1) is 5.75. The van der Waals surface area contributed by atoms with Gasteiger partial charge in [0, 0.05) is 5.92 Å². The normalized spacial score (nSPS) is 22.6. The van der Waals surface area contributed by atoms with Crippen LogP contribution in [0.3, 0.4) is 0 Å². The second-order valence-electron chi connectivity index (χ2n) is 3.76. The van der Waals surface area contributed by atoms with E-state index >= 15 is 0 Å². The maximum atomic E-state index is 10.8. The van der Waals surface area contributed by atoms with E-state index in [2.05, 4.69) is 0 Å². The second kappa shape index (κ2) is 4.61. The van der Waals surface area contributed by atoms with Gasteiger partial charge in [-0.1, -0.05) is 19.3 Å². The van der Waals surface area contributed by atoms with Crippen molar-refractivity contribution >= 4 is 6.29 Å². The number of likely N-dealkylation sites (N-methyl/N-ethyl adjacent to an activating group) is 1. The van der Waals surface area contributed by atoms with E-state index in [0.29, 0.717) is 0 Å². The van der Waals surface area contributed by atoms with Gasteiger partial charge in [0.15, 0.2) is 0 Å². The quantitative estimate of drug-likeness (QED) is 0.597. The van der Waals surface area contributed by atoms with Crippen molar-refractivity contribution in [1.29, 1.82) is 0 Å². The number of hydrogen-bond acceptors (Lipinski definition) is 2. The van der Waals surface area contributed by atoms with E-state index < -0.39 is 0 Å². The highest BCUT2D eigenvalue weighted by Gasteiger charge is 2.24. The van der Waals surface area contributed by atoms with Gasteiger partial charge in [-0.15, -0.1) is 0 Å². The minimum absolute atomic E-state index is 0.0744. The first-order valence-corrected chi connectivity index (χ1v) is 4.72. The van der Waals surface area contributed by atoms with E-state index in [-0.39, 0.29) is 6.04 Å². The van der Waals surface area contributed by atoms with Crippen LogP contribution in [0.5, 0.6) is 0 Å². The predicted molar refractivity (Wildman–Crippen MR) is 49.9 cm³/mol. The molecule has 0 aromatic heterocycles. The van der Waals surface area contributed by atoms with Crippen LogP contribution in [0.25, 0.3) is 0 Å². The van der Waals surface area contributed by atoms with Gasteiger partial charge in [0.05, 0.1) is 6.04 Å². The maximum Gasteiger partial charge on any atom is 0.137 e. The van der Waals surface area contributed by atoms with Gasteiger partial charge in [-0.25, -0.2) is 0 Å². The molecule has 1 unspecified atom stereocenters. The van der Waals surface area contributed by atoms with Crippen molar-refractivity contribution in [2.45, 2.75) is 38.1 Å². The molecule has 2 heteroatoms. The molecule has 1 aliphatic carbocycles. The van der Waals surface area contributed by atoms with Crippen LogP contribution < -0.4 is 0 Å². The van der Waals surface area contributed by atoms with Crippen LogP contribution in [0.1, 0.15) is 32.1 Å². The average Bonchev–Trinajstić information content (AvgIpc) is 2.07. The summed E-state index contributed by atoms with van der Waals surface area (Å²) in [5, 5.41) is 0. The molecule has 0 amide bonds. The summed E-state index contributed by atoms with van der Waals surface area (Å²) in [7, 11) is 3.95. The summed E-state index contributed by atoms with van der Waals surface area (Å²) in [6.07, 6.45) is 7.26. The van der Waals surface area contributed by atoms with Crippen molar-refractivity contribution in [3.05, 3.63) is 5.92 Å². The molecule has 0 saturated heterocycles. The van der Waals surface area contributed by atoms with Crippen LogP contribution in [-0.4, -0.2) is 31.3 Å². The summed E-state index contributed by atoms with van der Waals surface area (Å²) < 4.78 is 0. The number of carbonyl (C=O) groups excluding carboxylic acids is 1.